The van der Waals surface area contributed by atoms with Crippen molar-refractivity contribution in [1.82, 2.24) is 9.97 Å². The van der Waals surface area contributed by atoms with E-state index in [2.05, 4.69) is 15.3 Å². The summed E-state index contributed by atoms with van der Waals surface area (Å²) < 4.78 is 13.6. The number of benzene rings is 2. The summed E-state index contributed by atoms with van der Waals surface area (Å²) in [6.45, 7) is 0. The van der Waals surface area contributed by atoms with Crippen molar-refractivity contribution < 1.29 is 9.18 Å². The van der Waals surface area contributed by atoms with Crippen LogP contribution in [-0.2, 0) is 10.5 Å². The lowest BCUT2D eigenvalue weighted by Gasteiger charge is -2.06. The Labute approximate surface area is 174 Å². The van der Waals surface area contributed by atoms with Crippen LogP contribution in [0, 0.1) is 5.82 Å². The van der Waals surface area contributed by atoms with E-state index < -0.39 is 5.82 Å². The Morgan fingerprint density at radius 1 is 1.14 bits per heavy atom. The molecule has 0 aliphatic carbocycles. The van der Waals surface area contributed by atoms with Gasteiger partial charge in [0.15, 0.2) is 0 Å². The Bertz CT molecular complexity index is 1220. The number of hydrogen-bond acceptors (Lipinski definition) is 5. The molecular weight excluding hydrogens is 409 g/mol. The second-order valence-electron chi connectivity index (χ2n) is 6.23. The van der Waals surface area contributed by atoms with Gasteiger partial charge in [-0.25, -0.2) is 9.37 Å². The summed E-state index contributed by atoms with van der Waals surface area (Å²) in [6, 6.07) is 15.7. The zero-order valence-corrected chi connectivity index (χ0v) is 16.8. The molecule has 0 spiro atoms. The van der Waals surface area contributed by atoms with E-state index in [0.717, 1.165) is 11.1 Å². The van der Waals surface area contributed by atoms with E-state index in [1.54, 1.807) is 12.1 Å². The number of H-pyrrole nitrogens is 1. The lowest BCUT2D eigenvalue weighted by molar-refractivity contribution is -0.113. The molecule has 0 bridgehead atoms. The van der Waals surface area contributed by atoms with Crippen molar-refractivity contribution >= 4 is 44.9 Å². The van der Waals surface area contributed by atoms with Crippen LogP contribution >= 0.6 is 23.1 Å². The lowest BCUT2D eigenvalue weighted by atomic mass is 10.1. The van der Waals surface area contributed by atoms with Crippen molar-refractivity contribution in [2.75, 3.05) is 11.1 Å². The minimum Gasteiger partial charge on any atom is -0.323 e. The summed E-state index contributed by atoms with van der Waals surface area (Å²) in [6.07, 6.45) is 0. The minimum atomic E-state index is -0.478. The molecular formula is C21H16FN3O2S2. The number of halogens is 1. The predicted molar refractivity (Wildman–Crippen MR) is 117 cm³/mol. The van der Waals surface area contributed by atoms with Gasteiger partial charge < -0.3 is 10.3 Å². The number of thiophene rings is 1. The summed E-state index contributed by atoms with van der Waals surface area (Å²) in [4.78, 5) is 32.6. The summed E-state index contributed by atoms with van der Waals surface area (Å²) in [5.74, 6) is 0.206. The number of amides is 1. The maximum atomic E-state index is 13.6. The Kier molecular flexibility index (Phi) is 5.73. The Morgan fingerprint density at radius 3 is 2.69 bits per heavy atom. The number of hydrogen-bond donors (Lipinski definition) is 2. The summed E-state index contributed by atoms with van der Waals surface area (Å²) >= 11 is 2.72. The van der Waals surface area contributed by atoms with Crippen LogP contribution in [0.4, 0.5) is 10.1 Å². The van der Waals surface area contributed by atoms with Gasteiger partial charge in [0, 0.05) is 10.9 Å². The minimum absolute atomic E-state index is 0.121. The highest BCUT2D eigenvalue weighted by Crippen LogP contribution is 2.30. The number of rotatable bonds is 6. The number of aromatic amines is 1. The van der Waals surface area contributed by atoms with Crippen LogP contribution < -0.4 is 10.9 Å². The van der Waals surface area contributed by atoms with E-state index >= 15 is 0 Å². The first-order valence-corrected chi connectivity index (χ1v) is 10.8. The zero-order chi connectivity index (χ0) is 20.2. The van der Waals surface area contributed by atoms with E-state index in [4.69, 9.17) is 0 Å². The molecule has 0 fully saturated rings. The van der Waals surface area contributed by atoms with E-state index in [0.29, 0.717) is 21.8 Å². The third-order valence-corrected chi connectivity index (χ3v) is 6.01. The monoisotopic (exact) mass is 425 g/mol. The largest absolute Gasteiger partial charge is 0.323 e. The number of thioether (sulfide) groups is 1. The topological polar surface area (TPSA) is 74.8 Å². The summed E-state index contributed by atoms with van der Waals surface area (Å²) in [5.41, 5.74) is 1.79. The standard InChI is InChI=1S/C21H16FN3O2S2/c22-15-8-4-5-9-16(15)23-18(26)12-28-11-17-24-20(27)19-14(10-29-21(19)25-17)13-6-2-1-3-7-13/h1-10H,11-12H2,(H,23,26)(H,24,25,27). The van der Waals surface area contributed by atoms with Crippen molar-refractivity contribution in [3.63, 3.8) is 0 Å². The Hall–Kier alpha value is -2.97. The third kappa shape index (κ3) is 4.38. The number of carbonyl (C=O) groups excluding carboxylic acids is 1. The van der Waals surface area contributed by atoms with E-state index in [9.17, 15) is 14.0 Å². The molecule has 0 aliphatic rings. The number of carbonyl (C=O) groups is 1. The van der Waals surface area contributed by atoms with Gasteiger partial charge in [0.1, 0.15) is 16.5 Å². The van der Waals surface area contributed by atoms with E-state index in [1.807, 2.05) is 35.7 Å². The normalized spacial score (nSPS) is 10.9. The molecule has 0 saturated heterocycles. The van der Waals surface area contributed by atoms with Crippen LogP contribution in [0.25, 0.3) is 21.3 Å². The van der Waals surface area contributed by atoms with Crippen LogP contribution in [0.15, 0.2) is 64.8 Å². The molecule has 8 heteroatoms. The van der Waals surface area contributed by atoms with Gasteiger partial charge in [-0.15, -0.1) is 23.1 Å². The van der Waals surface area contributed by atoms with Gasteiger partial charge in [0.05, 0.1) is 22.6 Å². The fraction of sp³-hybridized carbons (Fsp3) is 0.0952. The molecule has 4 rings (SSSR count). The molecule has 2 N–H and O–H groups in total. The number of anilines is 1. The van der Waals surface area contributed by atoms with Crippen molar-refractivity contribution in [1.29, 1.82) is 0 Å². The van der Waals surface area contributed by atoms with Crippen LogP contribution in [0.1, 0.15) is 5.82 Å². The van der Waals surface area contributed by atoms with E-state index in [1.165, 1.54) is 35.2 Å². The number of nitrogens with one attached hydrogen (secondary N) is 2. The first-order valence-electron chi connectivity index (χ1n) is 8.80. The molecule has 5 nitrogen and oxygen atoms in total. The predicted octanol–water partition coefficient (Wildman–Crippen LogP) is 4.66. The number of nitrogens with zero attached hydrogens (tertiary/aromatic N) is 1. The number of fused-ring (bicyclic) bond motifs is 1. The van der Waals surface area contributed by atoms with Crippen molar-refractivity contribution in [3.05, 3.63) is 82.0 Å². The van der Waals surface area contributed by atoms with E-state index in [-0.39, 0.29) is 22.9 Å². The molecule has 1 amide bonds. The molecule has 2 heterocycles. The summed E-state index contributed by atoms with van der Waals surface area (Å²) in [5, 5.41) is 5.04. The average molecular weight is 426 g/mol. The third-order valence-electron chi connectivity index (χ3n) is 4.20. The molecule has 2 aromatic carbocycles. The van der Waals surface area contributed by atoms with Gasteiger partial charge in [-0.1, -0.05) is 42.5 Å². The zero-order valence-electron chi connectivity index (χ0n) is 15.1. The highest BCUT2D eigenvalue weighted by atomic mass is 32.2. The fourth-order valence-corrected chi connectivity index (χ4v) is 4.54. The molecule has 0 atom stereocenters. The van der Waals surface area contributed by atoms with Crippen LogP contribution in [0.3, 0.4) is 0 Å². The molecule has 2 aromatic heterocycles. The Balaban J connectivity index is 1.43. The van der Waals surface area contributed by atoms with Gasteiger partial charge in [-0.3, -0.25) is 9.59 Å². The SMILES string of the molecule is O=C(CSCc1nc2scc(-c3ccccc3)c2c(=O)[nH]1)Nc1ccccc1F. The van der Waals surface area contributed by atoms with Crippen LogP contribution in [0.2, 0.25) is 0 Å². The molecule has 0 aliphatic heterocycles. The fourth-order valence-electron chi connectivity index (χ4n) is 2.88. The van der Waals surface area contributed by atoms with Crippen molar-refractivity contribution in [2.24, 2.45) is 0 Å². The maximum Gasteiger partial charge on any atom is 0.260 e. The molecule has 0 unspecified atom stereocenters. The molecule has 0 saturated carbocycles. The van der Waals surface area contributed by atoms with Gasteiger partial charge >= 0.3 is 0 Å². The maximum absolute atomic E-state index is 13.6. The highest BCUT2D eigenvalue weighted by molar-refractivity contribution is 7.99. The molecule has 4 aromatic rings. The van der Waals surface area contributed by atoms with Gasteiger partial charge in [0.25, 0.3) is 5.56 Å². The first kappa shape index (κ1) is 19.4. The van der Waals surface area contributed by atoms with Gasteiger partial charge in [-0.2, -0.15) is 0 Å². The summed E-state index contributed by atoms with van der Waals surface area (Å²) in [7, 11) is 0. The van der Waals surface area contributed by atoms with Gasteiger partial charge in [-0.05, 0) is 17.7 Å². The molecule has 146 valence electrons. The quantitative estimate of drug-likeness (QED) is 0.471. The van der Waals surface area contributed by atoms with Gasteiger partial charge in [0.2, 0.25) is 5.91 Å². The van der Waals surface area contributed by atoms with Crippen molar-refractivity contribution in [2.45, 2.75) is 5.75 Å². The smallest absolute Gasteiger partial charge is 0.260 e. The molecule has 29 heavy (non-hydrogen) atoms. The highest BCUT2D eigenvalue weighted by Gasteiger charge is 2.13. The first-order chi connectivity index (χ1) is 14.1. The van der Waals surface area contributed by atoms with Crippen LogP contribution in [-0.4, -0.2) is 21.6 Å². The lowest BCUT2D eigenvalue weighted by Crippen LogP contribution is -2.16. The number of para-hydroxylation sites is 1. The second-order valence-corrected chi connectivity index (χ2v) is 8.07. The average Bonchev–Trinajstić information content (AvgIpc) is 3.15. The Morgan fingerprint density at radius 2 is 1.90 bits per heavy atom. The second kappa shape index (κ2) is 8.59. The van der Waals surface area contributed by atoms with Crippen molar-refractivity contribution in [3.8, 4) is 11.1 Å². The number of aromatic nitrogens is 2. The van der Waals surface area contributed by atoms with Crippen LogP contribution in [0.5, 0.6) is 0 Å². The molecule has 0 radical (unpaired) electrons.